The molecule has 6 nitrogen and oxygen atoms in total. The number of hydrogen-bond donors (Lipinski definition) is 2. The lowest BCUT2D eigenvalue weighted by molar-refractivity contribution is -0.145. The van der Waals surface area contributed by atoms with Gasteiger partial charge in [0, 0.05) is 13.5 Å². The lowest BCUT2D eigenvalue weighted by Gasteiger charge is -2.15. The molecular weight excluding hydrogens is 236 g/mol. The van der Waals surface area contributed by atoms with E-state index in [0.29, 0.717) is 19.3 Å². The predicted octanol–water partition coefficient (Wildman–Crippen LogP) is 0.137. The highest BCUT2D eigenvalue weighted by Gasteiger charge is 2.18. The van der Waals surface area contributed by atoms with Crippen LogP contribution in [0.4, 0.5) is 0 Å². The summed E-state index contributed by atoms with van der Waals surface area (Å²) in [5, 5.41) is 5.48. The number of ether oxygens (including phenoxy) is 1. The van der Waals surface area contributed by atoms with E-state index in [1.54, 1.807) is 6.20 Å². The van der Waals surface area contributed by atoms with Crippen LogP contribution in [-0.4, -0.2) is 37.9 Å². The zero-order valence-electron chi connectivity index (χ0n) is 10.8. The van der Waals surface area contributed by atoms with Crippen molar-refractivity contribution in [1.82, 2.24) is 10.6 Å². The summed E-state index contributed by atoms with van der Waals surface area (Å²) in [4.78, 5) is 32.2. The number of esters is 1. The average Bonchev–Trinajstić information content (AvgIpc) is 2.34. The first-order valence-electron chi connectivity index (χ1n) is 5.80. The van der Waals surface area contributed by atoms with Gasteiger partial charge in [-0.2, -0.15) is 0 Å². The molecule has 0 unspecified atom stereocenters. The molecule has 0 aliphatic rings. The highest BCUT2D eigenvalue weighted by Crippen LogP contribution is 2.02. The molecule has 0 spiro atoms. The van der Waals surface area contributed by atoms with Crippen LogP contribution in [-0.2, 0) is 19.1 Å². The van der Waals surface area contributed by atoms with E-state index in [0.717, 1.165) is 12.8 Å². The van der Waals surface area contributed by atoms with Gasteiger partial charge in [-0.1, -0.05) is 0 Å². The average molecular weight is 256 g/mol. The van der Waals surface area contributed by atoms with Gasteiger partial charge in [0.25, 0.3) is 0 Å². The molecule has 18 heavy (non-hydrogen) atoms. The normalized spacial score (nSPS) is 11.9. The number of nitrogens with one attached hydrogen (secondary N) is 2. The van der Waals surface area contributed by atoms with Crippen molar-refractivity contribution in [3.8, 4) is 0 Å². The molecule has 0 aromatic carbocycles. The van der Waals surface area contributed by atoms with Gasteiger partial charge in [-0.3, -0.25) is 9.59 Å². The van der Waals surface area contributed by atoms with Gasteiger partial charge in [-0.05, 0) is 31.5 Å². The Morgan fingerprint density at radius 1 is 1.33 bits per heavy atom. The molecular formula is C12H20N2O4. The molecule has 0 radical (unpaired) electrons. The monoisotopic (exact) mass is 256 g/mol. The van der Waals surface area contributed by atoms with Crippen LogP contribution >= 0.6 is 0 Å². The fourth-order valence-electron chi connectivity index (χ4n) is 1.40. The molecule has 0 aromatic heterocycles. The molecule has 1 amide bonds. The minimum absolute atomic E-state index is 0.252. The summed E-state index contributed by atoms with van der Waals surface area (Å²) in [7, 11) is 1.29. The Balaban J connectivity index is 3.82. The van der Waals surface area contributed by atoms with Crippen LogP contribution in [0.2, 0.25) is 0 Å². The van der Waals surface area contributed by atoms with Crippen molar-refractivity contribution in [2.24, 2.45) is 0 Å². The van der Waals surface area contributed by atoms with Crippen molar-refractivity contribution in [2.75, 3.05) is 13.7 Å². The van der Waals surface area contributed by atoms with E-state index in [1.807, 2.05) is 0 Å². The van der Waals surface area contributed by atoms with Gasteiger partial charge in [0.2, 0.25) is 5.91 Å². The maximum Gasteiger partial charge on any atom is 0.328 e. The Kier molecular flexibility index (Phi) is 9.25. The van der Waals surface area contributed by atoms with Crippen LogP contribution in [0.25, 0.3) is 0 Å². The standard InChI is InChI=1S/C12H20N2O4/c1-10(16)14-11(12(17)18-2)6-3-4-7-13-8-5-9-15/h5,8-9,11,13H,3-4,6-7H2,1-2H3,(H,14,16)/t11-/m0/s1. The zero-order valence-corrected chi connectivity index (χ0v) is 10.8. The topological polar surface area (TPSA) is 84.5 Å². The minimum atomic E-state index is -0.585. The van der Waals surface area contributed by atoms with Gasteiger partial charge in [0.1, 0.15) is 12.3 Å². The fraction of sp³-hybridized carbons (Fsp3) is 0.583. The van der Waals surface area contributed by atoms with E-state index in [9.17, 15) is 14.4 Å². The summed E-state index contributed by atoms with van der Waals surface area (Å²) in [6.07, 6.45) is 5.76. The molecule has 6 heteroatoms. The van der Waals surface area contributed by atoms with Crippen LogP contribution in [0, 0.1) is 0 Å². The Morgan fingerprint density at radius 3 is 2.61 bits per heavy atom. The van der Waals surface area contributed by atoms with Gasteiger partial charge >= 0.3 is 5.97 Å². The number of methoxy groups -OCH3 is 1. The van der Waals surface area contributed by atoms with Crippen LogP contribution < -0.4 is 10.6 Å². The third kappa shape index (κ3) is 8.32. The Labute approximate surface area is 107 Å². The summed E-state index contributed by atoms with van der Waals surface area (Å²) in [6, 6.07) is -0.585. The summed E-state index contributed by atoms with van der Waals surface area (Å²) in [6.45, 7) is 2.07. The van der Waals surface area contributed by atoms with E-state index in [2.05, 4.69) is 15.4 Å². The third-order valence-electron chi connectivity index (χ3n) is 2.22. The maximum atomic E-state index is 11.3. The molecule has 1 atom stereocenters. The first-order chi connectivity index (χ1) is 8.61. The lowest BCUT2D eigenvalue weighted by atomic mass is 10.1. The molecule has 0 saturated heterocycles. The summed E-state index contributed by atoms with van der Waals surface area (Å²) in [5.41, 5.74) is 0. The number of carbonyl (C=O) groups is 3. The third-order valence-corrected chi connectivity index (χ3v) is 2.22. The van der Waals surface area contributed by atoms with E-state index in [1.165, 1.54) is 20.1 Å². The second-order valence-electron chi connectivity index (χ2n) is 3.72. The number of carbonyl (C=O) groups excluding carboxylic acids is 3. The highest BCUT2D eigenvalue weighted by molar-refractivity contribution is 5.83. The molecule has 0 heterocycles. The largest absolute Gasteiger partial charge is 0.467 e. The maximum absolute atomic E-state index is 11.3. The molecule has 2 N–H and O–H groups in total. The minimum Gasteiger partial charge on any atom is -0.467 e. The van der Waals surface area contributed by atoms with Crippen molar-refractivity contribution in [1.29, 1.82) is 0 Å². The summed E-state index contributed by atoms with van der Waals surface area (Å²) >= 11 is 0. The molecule has 0 rings (SSSR count). The Bertz CT molecular complexity index is 302. The Hall–Kier alpha value is -1.85. The SMILES string of the molecule is COC(=O)[C@H](CCCCNC=CC=O)NC(C)=O. The molecule has 0 saturated carbocycles. The smallest absolute Gasteiger partial charge is 0.328 e. The van der Waals surface area contributed by atoms with E-state index in [-0.39, 0.29) is 5.91 Å². The van der Waals surface area contributed by atoms with Gasteiger partial charge in [0.05, 0.1) is 7.11 Å². The molecule has 0 aromatic rings. The van der Waals surface area contributed by atoms with Crippen molar-refractivity contribution >= 4 is 18.2 Å². The molecule has 0 bridgehead atoms. The molecule has 0 fully saturated rings. The Morgan fingerprint density at radius 2 is 2.06 bits per heavy atom. The van der Waals surface area contributed by atoms with Crippen molar-refractivity contribution in [3.63, 3.8) is 0 Å². The number of hydrogen-bond acceptors (Lipinski definition) is 5. The molecule has 0 aliphatic heterocycles. The van der Waals surface area contributed by atoms with Crippen molar-refractivity contribution < 1.29 is 19.1 Å². The first kappa shape index (κ1) is 16.1. The van der Waals surface area contributed by atoms with Crippen LogP contribution in [0.3, 0.4) is 0 Å². The highest BCUT2D eigenvalue weighted by atomic mass is 16.5. The van der Waals surface area contributed by atoms with Gasteiger partial charge in [-0.25, -0.2) is 4.79 Å². The van der Waals surface area contributed by atoms with Gasteiger partial charge in [0.15, 0.2) is 0 Å². The van der Waals surface area contributed by atoms with Crippen molar-refractivity contribution in [3.05, 3.63) is 12.3 Å². The number of aldehydes is 1. The van der Waals surface area contributed by atoms with E-state index < -0.39 is 12.0 Å². The second-order valence-corrected chi connectivity index (χ2v) is 3.72. The number of rotatable bonds is 9. The van der Waals surface area contributed by atoms with Crippen LogP contribution in [0.1, 0.15) is 26.2 Å². The number of allylic oxidation sites excluding steroid dienone is 1. The lowest BCUT2D eigenvalue weighted by Crippen LogP contribution is -2.40. The van der Waals surface area contributed by atoms with Crippen LogP contribution in [0.15, 0.2) is 12.3 Å². The molecule has 0 aliphatic carbocycles. The van der Waals surface area contributed by atoms with E-state index >= 15 is 0 Å². The fourth-order valence-corrected chi connectivity index (χ4v) is 1.40. The van der Waals surface area contributed by atoms with Gasteiger partial charge in [-0.15, -0.1) is 0 Å². The van der Waals surface area contributed by atoms with Gasteiger partial charge < -0.3 is 15.4 Å². The van der Waals surface area contributed by atoms with Crippen LogP contribution in [0.5, 0.6) is 0 Å². The zero-order chi connectivity index (χ0) is 13.8. The van der Waals surface area contributed by atoms with E-state index in [4.69, 9.17) is 0 Å². The first-order valence-corrected chi connectivity index (χ1v) is 5.80. The predicted molar refractivity (Wildman–Crippen MR) is 66.7 cm³/mol. The summed E-state index contributed by atoms with van der Waals surface area (Å²) in [5.74, 6) is -0.684. The second kappa shape index (κ2) is 10.3. The number of amides is 1. The molecule has 102 valence electrons. The number of unbranched alkanes of at least 4 members (excludes halogenated alkanes) is 1. The summed E-state index contributed by atoms with van der Waals surface area (Å²) < 4.78 is 4.60. The van der Waals surface area contributed by atoms with Crippen molar-refractivity contribution in [2.45, 2.75) is 32.2 Å². The quantitative estimate of drug-likeness (QED) is 0.265.